The largest absolute Gasteiger partial charge is 0.418 e. The molecule has 3 aromatic heterocycles. The van der Waals surface area contributed by atoms with Crippen molar-refractivity contribution in [3.63, 3.8) is 0 Å². The number of aliphatic hydroxyl groups is 1. The Morgan fingerprint density at radius 1 is 1.33 bits per heavy atom. The van der Waals surface area contributed by atoms with Gasteiger partial charge in [-0.05, 0) is 37.3 Å². The van der Waals surface area contributed by atoms with Gasteiger partial charge in [0.05, 0.1) is 10.6 Å². The van der Waals surface area contributed by atoms with Gasteiger partial charge in [0.2, 0.25) is 5.89 Å². The summed E-state index contributed by atoms with van der Waals surface area (Å²) in [6, 6.07) is 3.90. The van der Waals surface area contributed by atoms with Crippen molar-refractivity contribution in [3.05, 3.63) is 40.4 Å². The summed E-state index contributed by atoms with van der Waals surface area (Å²) in [5.74, 6) is 1.07. The van der Waals surface area contributed by atoms with E-state index < -0.39 is 0 Å². The van der Waals surface area contributed by atoms with Crippen molar-refractivity contribution in [3.8, 4) is 10.8 Å². The third-order valence-corrected chi connectivity index (χ3v) is 4.23. The highest BCUT2D eigenvalue weighted by atomic mass is 32.1. The molecule has 0 unspecified atom stereocenters. The van der Waals surface area contributed by atoms with Crippen molar-refractivity contribution in [1.29, 1.82) is 0 Å². The molecule has 0 aliphatic rings. The molecule has 0 bridgehead atoms. The molecule has 7 heteroatoms. The Hall–Kier alpha value is -1.99. The molecule has 110 valence electrons. The predicted octanol–water partition coefficient (Wildman–Crippen LogP) is 2.19. The molecular weight excluding hydrogens is 288 g/mol. The van der Waals surface area contributed by atoms with Crippen LogP contribution in [0.4, 0.5) is 0 Å². The smallest absolute Gasteiger partial charge is 0.257 e. The van der Waals surface area contributed by atoms with Crippen LogP contribution in [-0.4, -0.2) is 31.7 Å². The summed E-state index contributed by atoms with van der Waals surface area (Å²) in [6.07, 6.45) is 0.613. The molecule has 0 saturated heterocycles. The van der Waals surface area contributed by atoms with Gasteiger partial charge in [-0.25, -0.2) is 0 Å². The van der Waals surface area contributed by atoms with Crippen LogP contribution in [0.1, 0.15) is 22.8 Å². The molecule has 6 nitrogen and oxygen atoms in total. The lowest BCUT2D eigenvalue weighted by atomic mass is 10.1. The van der Waals surface area contributed by atoms with Crippen LogP contribution in [0.15, 0.2) is 21.9 Å². The quantitative estimate of drug-likeness (QED) is 0.782. The Morgan fingerprint density at radius 3 is 2.90 bits per heavy atom. The third kappa shape index (κ3) is 2.74. The summed E-state index contributed by atoms with van der Waals surface area (Å²) in [4.78, 5) is 0.961. The number of hydrogen-bond donors (Lipinski definition) is 1. The average Bonchev–Trinajstić information content (AvgIpc) is 3.17. The van der Waals surface area contributed by atoms with Crippen LogP contribution >= 0.6 is 11.3 Å². The minimum absolute atomic E-state index is 0.121. The zero-order valence-corrected chi connectivity index (χ0v) is 12.7. The van der Waals surface area contributed by atoms with Gasteiger partial charge in [0.1, 0.15) is 6.54 Å². The SMILES string of the molecule is Cc1nn(Cc2nnc(-c3cccs3)o2)c(C)c1CCO. The summed E-state index contributed by atoms with van der Waals surface area (Å²) < 4.78 is 7.51. The average molecular weight is 304 g/mol. The van der Waals surface area contributed by atoms with E-state index in [-0.39, 0.29) is 6.61 Å². The first-order chi connectivity index (χ1) is 10.2. The fraction of sp³-hybridized carbons (Fsp3) is 0.357. The first-order valence-corrected chi connectivity index (χ1v) is 7.57. The van der Waals surface area contributed by atoms with Gasteiger partial charge >= 0.3 is 0 Å². The highest BCUT2D eigenvalue weighted by Gasteiger charge is 2.14. The van der Waals surface area contributed by atoms with Crippen LogP contribution in [0.2, 0.25) is 0 Å². The Morgan fingerprint density at radius 2 is 2.19 bits per heavy atom. The van der Waals surface area contributed by atoms with Crippen molar-refractivity contribution in [2.24, 2.45) is 0 Å². The van der Waals surface area contributed by atoms with Crippen molar-refractivity contribution < 1.29 is 9.52 Å². The van der Waals surface area contributed by atoms with Crippen molar-refractivity contribution in [2.45, 2.75) is 26.8 Å². The lowest BCUT2D eigenvalue weighted by molar-refractivity contribution is 0.299. The van der Waals surface area contributed by atoms with E-state index >= 15 is 0 Å². The highest BCUT2D eigenvalue weighted by molar-refractivity contribution is 7.13. The molecule has 21 heavy (non-hydrogen) atoms. The Kier molecular flexibility index (Phi) is 3.85. The number of aromatic nitrogens is 4. The van der Waals surface area contributed by atoms with E-state index in [1.54, 1.807) is 11.3 Å². The van der Waals surface area contributed by atoms with Crippen molar-refractivity contribution in [1.82, 2.24) is 20.0 Å². The van der Waals surface area contributed by atoms with Crippen molar-refractivity contribution in [2.75, 3.05) is 6.61 Å². The maximum atomic E-state index is 9.10. The van der Waals surface area contributed by atoms with Crippen LogP contribution in [0.25, 0.3) is 10.8 Å². The van der Waals surface area contributed by atoms with Gasteiger partial charge in [-0.1, -0.05) is 6.07 Å². The standard InChI is InChI=1S/C14H16N4O2S/c1-9-11(5-6-19)10(2)18(17-9)8-13-15-16-14(20-13)12-4-3-7-21-12/h3-4,7,19H,5-6,8H2,1-2H3. The molecule has 0 saturated carbocycles. The maximum Gasteiger partial charge on any atom is 0.257 e. The van der Waals surface area contributed by atoms with E-state index in [0.29, 0.717) is 24.7 Å². The zero-order valence-electron chi connectivity index (χ0n) is 11.9. The molecule has 1 N–H and O–H groups in total. The van der Waals surface area contributed by atoms with Gasteiger partial charge in [-0.15, -0.1) is 21.5 Å². The summed E-state index contributed by atoms with van der Waals surface area (Å²) in [5, 5.41) is 23.7. The molecular formula is C14H16N4O2S. The van der Waals surface area contributed by atoms with Crippen LogP contribution < -0.4 is 0 Å². The van der Waals surface area contributed by atoms with E-state index in [2.05, 4.69) is 15.3 Å². The number of hydrogen-bond acceptors (Lipinski definition) is 6. The fourth-order valence-electron chi connectivity index (χ4n) is 2.31. The molecule has 0 aliphatic carbocycles. The second-order valence-electron chi connectivity index (χ2n) is 4.76. The van der Waals surface area contributed by atoms with Crippen LogP contribution in [-0.2, 0) is 13.0 Å². The summed E-state index contributed by atoms with van der Waals surface area (Å²) in [6.45, 7) is 4.49. The minimum Gasteiger partial charge on any atom is -0.418 e. The number of aryl methyl sites for hydroxylation is 1. The first-order valence-electron chi connectivity index (χ1n) is 6.69. The summed E-state index contributed by atoms with van der Waals surface area (Å²) in [5.41, 5.74) is 3.03. The molecule has 0 spiro atoms. The Bertz CT molecular complexity index is 730. The summed E-state index contributed by atoms with van der Waals surface area (Å²) >= 11 is 1.57. The van der Waals surface area contributed by atoms with E-state index in [0.717, 1.165) is 21.8 Å². The molecule has 0 atom stereocenters. The van der Waals surface area contributed by atoms with E-state index in [4.69, 9.17) is 9.52 Å². The molecule has 3 aromatic rings. The van der Waals surface area contributed by atoms with Gasteiger partial charge in [-0.3, -0.25) is 4.68 Å². The normalized spacial score (nSPS) is 11.2. The number of rotatable bonds is 5. The first kappa shape index (κ1) is 14.0. The van der Waals surface area contributed by atoms with Gasteiger partial charge in [-0.2, -0.15) is 5.10 Å². The van der Waals surface area contributed by atoms with E-state index in [9.17, 15) is 0 Å². The Labute approximate surface area is 126 Å². The predicted molar refractivity (Wildman–Crippen MR) is 79.2 cm³/mol. The topological polar surface area (TPSA) is 77.0 Å². The lowest BCUT2D eigenvalue weighted by Gasteiger charge is -2.01. The molecule has 0 radical (unpaired) electrons. The second-order valence-corrected chi connectivity index (χ2v) is 5.71. The monoisotopic (exact) mass is 304 g/mol. The van der Waals surface area contributed by atoms with Gasteiger partial charge < -0.3 is 9.52 Å². The molecule has 0 amide bonds. The maximum absolute atomic E-state index is 9.10. The molecule has 0 fully saturated rings. The zero-order chi connectivity index (χ0) is 14.8. The van der Waals surface area contributed by atoms with Crippen LogP contribution in [0, 0.1) is 13.8 Å². The number of aliphatic hydroxyl groups excluding tert-OH is 1. The fourth-order valence-corrected chi connectivity index (χ4v) is 2.95. The minimum atomic E-state index is 0.121. The molecule has 3 heterocycles. The van der Waals surface area contributed by atoms with Crippen LogP contribution in [0.5, 0.6) is 0 Å². The van der Waals surface area contributed by atoms with Gasteiger partial charge in [0, 0.05) is 12.3 Å². The molecule has 0 aromatic carbocycles. The van der Waals surface area contributed by atoms with Crippen LogP contribution in [0.3, 0.4) is 0 Å². The molecule has 3 rings (SSSR count). The second kappa shape index (κ2) is 5.79. The van der Waals surface area contributed by atoms with E-state index in [1.807, 2.05) is 36.0 Å². The summed E-state index contributed by atoms with van der Waals surface area (Å²) in [7, 11) is 0. The van der Waals surface area contributed by atoms with Crippen molar-refractivity contribution >= 4 is 11.3 Å². The van der Waals surface area contributed by atoms with Gasteiger partial charge in [0.15, 0.2) is 0 Å². The highest BCUT2D eigenvalue weighted by Crippen LogP contribution is 2.23. The number of thiophene rings is 1. The third-order valence-electron chi connectivity index (χ3n) is 3.38. The Balaban J connectivity index is 1.83. The molecule has 0 aliphatic heterocycles. The lowest BCUT2D eigenvalue weighted by Crippen LogP contribution is -2.05. The number of nitrogens with zero attached hydrogens (tertiary/aromatic N) is 4. The van der Waals surface area contributed by atoms with E-state index in [1.165, 1.54) is 0 Å². The van der Waals surface area contributed by atoms with Gasteiger partial charge in [0.25, 0.3) is 5.89 Å².